The summed E-state index contributed by atoms with van der Waals surface area (Å²) in [6, 6.07) is 16.1. The van der Waals surface area contributed by atoms with E-state index in [1.165, 1.54) is 0 Å². The van der Waals surface area contributed by atoms with Crippen molar-refractivity contribution in [3.63, 3.8) is 0 Å². The maximum absolute atomic E-state index is 5.46. The maximum atomic E-state index is 5.46. The van der Waals surface area contributed by atoms with Gasteiger partial charge in [-0.05, 0) is 24.0 Å². The van der Waals surface area contributed by atoms with Gasteiger partial charge in [-0.2, -0.15) is 0 Å². The van der Waals surface area contributed by atoms with Crippen molar-refractivity contribution in [1.29, 1.82) is 0 Å². The van der Waals surface area contributed by atoms with Gasteiger partial charge in [-0.15, -0.1) is 10.2 Å². The lowest BCUT2D eigenvalue weighted by Crippen LogP contribution is -2.04. The highest BCUT2D eigenvalue weighted by Crippen LogP contribution is 2.33. The number of hydrogen-bond acceptors (Lipinski definition) is 5. The van der Waals surface area contributed by atoms with Crippen LogP contribution < -0.4 is 9.47 Å². The van der Waals surface area contributed by atoms with E-state index in [1.54, 1.807) is 11.8 Å². The molecule has 1 aromatic heterocycles. The molecule has 23 heavy (non-hydrogen) atoms. The summed E-state index contributed by atoms with van der Waals surface area (Å²) in [7, 11) is 0. The molecular weight excluding hydrogens is 310 g/mol. The fourth-order valence-corrected chi connectivity index (χ4v) is 3.10. The van der Waals surface area contributed by atoms with Crippen molar-refractivity contribution in [2.24, 2.45) is 0 Å². The van der Waals surface area contributed by atoms with Crippen molar-refractivity contribution in [2.45, 2.75) is 11.7 Å². The average molecular weight is 325 g/mol. The summed E-state index contributed by atoms with van der Waals surface area (Å²) >= 11 is 1.59. The van der Waals surface area contributed by atoms with E-state index < -0.39 is 0 Å². The number of ether oxygens (including phenoxy) is 2. The molecular formula is C17H15N3O2S. The fraction of sp³-hybridized carbons (Fsp3) is 0.176. The standard InChI is InChI=1S/C17H15N3O2S/c1-23-17-19-18-16(13-5-3-2-4-6-13)20(17)10-12-7-8-14-15(9-12)22-11-21-14/h2-9H,10-11H2,1H3. The van der Waals surface area contributed by atoms with Gasteiger partial charge in [0.15, 0.2) is 22.5 Å². The largest absolute Gasteiger partial charge is 0.454 e. The smallest absolute Gasteiger partial charge is 0.231 e. The summed E-state index contributed by atoms with van der Waals surface area (Å²) in [6.45, 7) is 0.973. The van der Waals surface area contributed by atoms with Crippen LogP contribution in [-0.2, 0) is 6.54 Å². The molecule has 0 saturated heterocycles. The minimum absolute atomic E-state index is 0.288. The van der Waals surface area contributed by atoms with Crippen LogP contribution in [0.25, 0.3) is 11.4 Å². The molecule has 0 aliphatic carbocycles. The van der Waals surface area contributed by atoms with Crippen molar-refractivity contribution in [3.05, 3.63) is 54.1 Å². The predicted octanol–water partition coefficient (Wildman–Crippen LogP) is 3.44. The third-order valence-electron chi connectivity index (χ3n) is 3.71. The minimum atomic E-state index is 0.288. The Morgan fingerprint density at radius 2 is 1.87 bits per heavy atom. The van der Waals surface area contributed by atoms with Gasteiger partial charge >= 0.3 is 0 Å². The van der Waals surface area contributed by atoms with Gasteiger partial charge in [0, 0.05) is 5.56 Å². The topological polar surface area (TPSA) is 49.2 Å². The molecule has 0 spiro atoms. The van der Waals surface area contributed by atoms with E-state index >= 15 is 0 Å². The van der Waals surface area contributed by atoms with E-state index in [9.17, 15) is 0 Å². The van der Waals surface area contributed by atoms with Crippen LogP contribution in [0.15, 0.2) is 53.7 Å². The summed E-state index contributed by atoms with van der Waals surface area (Å²) in [5.41, 5.74) is 2.18. The highest BCUT2D eigenvalue weighted by molar-refractivity contribution is 7.98. The zero-order valence-corrected chi connectivity index (χ0v) is 13.4. The Hall–Kier alpha value is -2.47. The molecule has 1 aliphatic heterocycles. The summed E-state index contributed by atoms with van der Waals surface area (Å²) < 4.78 is 13.0. The van der Waals surface area contributed by atoms with E-state index in [2.05, 4.69) is 14.8 Å². The molecule has 4 rings (SSSR count). The number of nitrogens with zero attached hydrogens (tertiary/aromatic N) is 3. The van der Waals surface area contributed by atoms with E-state index in [0.29, 0.717) is 6.54 Å². The van der Waals surface area contributed by atoms with Crippen molar-refractivity contribution >= 4 is 11.8 Å². The highest BCUT2D eigenvalue weighted by Gasteiger charge is 2.16. The molecule has 0 unspecified atom stereocenters. The highest BCUT2D eigenvalue weighted by atomic mass is 32.2. The number of hydrogen-bond donors (Lipinski definition) is 0. The summed E-state index contributed by atoms with van der Waals surface area (Å²) in [4.78, 5) is 0. The first-order chi connectivity index (χ1) is 11.3. The molecule has 0 bridgehead atoms. The second-order valence-corrected chi connectivity index (χ2v) is 5.92. The number of benzene rings is 2. The van der Waals surface area contributed by atoms with Crippen LogP contribution in [0.1, 0.15) is 5.56 Å². The number of aromatic nitrogens is 3. The first-order valence-corrected chi connectivity index (χ1v) is 8.49. The Morgan fingerprint density at radius 1 is 1.04 bits per heavy atom. The average Bonchev–Trinajstić information content (AvgIpc) is 3.22. The molecule has 0 fully saturated rings. The summed E-state index contributed by atoms with van der Waals surface area (Å²) in [5, 5.41) is 9.55. The summed E-state index contributed by atoms with van der Waals surface area (Å²) in [6.07, 6.45) is 2.01. The van der Waals surface area contributed by atoms with Gasteiger partial charge in [0.1, 0.15) is 0 Å². The first-order valence-electron chi connectivity index (χ1n) is 7.26. The third-order valence-corrected chi connectivity index (χ3v) is 4.38. The van der Waals surface area contributed by atoms with E-state index in [-0.39, 0.29) is 6.79 Å². The lowest BCUT2D eigenvalue weighted by Gasteiger charge is -2.10. The molecule has 5 nitrogen and oxygen atoms in total. The number of fused-ring (bicyclic) bond motifs is 1. The Labute approximate surface area is 138 Å². The SMILES string of the molecule is CSc1nnc(-c2ccccc2)n1Cc1ccc2c(c1)OCO2. The van der Waals surface area contributed by atoms with Crippen LogP contribution in [0.3, 0.4) is 0 Å². The van der Waals surface area contributed by atoms with E-state index in [1.807, 2.05) is 54.8 Å². The number of thioether (sulfide) groups is 1. The monoisotopic (exact) mass is 325 g/mol. The van der Waals surface area contributed by atoms with Crippen LogP contribution in [-0.4, -0.2) is 27.8 Å². The molecule has 0 saturated carbocycles. The van der Waals surface area contributed by atoms with Crippen LogP contribution >= 0.6 is 11.8 Å². The van der Waals surface area contributed by atoms with Crippen LogP contribution in [0.5, 0.6) is 11.5 Å². The lowest BCUT2D eigenvalue weighted by molar-refractivity contribution is 0.174. The molecule has 0 N–H and O–H groups in total. The molecule has 0 amide bonds. The van der Waals surface area contributed by atoms with Crippen LogP contribution in [0.4, 0.5) is 0 Å². The zero-order valence-electron chi connectivity index (χ0n) is 12.6. The first kappa shape index (κ1) is 14.1. The lowest BCUT2D eigenvalue weighted by atomic mass is 10.2. The Bertz CT molecular complexity index is 833. The second-order valence-electron chi connectivity index (χ2n) is 5.15. The number of rotatable bonds is 4. The fourth-order valence-electron chi connectivity index (χ4n) is 2.60. The van der Waals surface area contributed by atoms with Crippen molar-refractivity contribution in [3.8, 4) is 22.9 Å². The predicted molar refractivity (Wildman–Crippen MR) is 88.9 cm³/mol. The van der Waals surface area contributed by atoms with E-state index in [4.69, 9.17) is 9.47 Å². The van der Waals surface area contributed by atoms with Gasteiger partial charge in [0.25, 0.3) is 0 Å². The Kier molecular flexibility index (Phi) is 3.67. The second kappa shape index (κ2) is 5.96. The van der Waals surface area contributed by atoms with Gasteiger partial charge in [-0.3, -0.25) is 4.57 Å². The van der Waals surface area contributed by atoms with Crippen LogP contribution in [0, 0.1) is 0 Å². The van der Waals surface area contributed by atoms with E-state index in [0.717, 1.165) is 33.6 Å². The van der Waals surface area contributed by atoms with Gasteiger partial charge < -0.3 is 9.47 Å². The molecule has 3 aromatic rings. The minimum Gasteiger partial charge on any atom is -0.454 e. The molecule has 1 aliphatic rings. The van der Waals surface area contributed by atoms with Gasteiger partial charge in [-0.25, -0.2) is 0 Å². The molecule has 2 heterocycles. The van der Waals surface area contributed by atoms with Crippen molar-refractivity contribution < 1.29 is 9.47 Å². The van der Waals surface area contributed by atoms with Crippen LogP contribution in [0.2, 0.25) is 0 Å². The zero-order chi connectivity index (χ0) is 15.6. The molecule has 2 aromatic carbocycles. The Morgan fingerprint density at radius 3 is 2.70 bits per heavy atom. The molecule has 0 atom stereocenters. The van der Waals surface area contributed by atoms with Gasteiger partial charge in [0.05, 0.1) is 6.54 Å². The molecule has 116 valence electrons. The quantitative estimate of drug-likeness (QED) is 0.688. The summed E-state index contributed by atoms with van der Waals surface area (Å²) in [5.74, 6) is 2.46. The van der Waals surface area contributed by atoms with Gasteiger partial charge in [-0.1, -0.05) is 48.2 Å². The molecule has 0 radical (unpaired) electrons. The van der Waals surface area contributed by atoms with Crippen molar-refractivity contribution in [2.75, 3.05) is 13.0 Å². The van der Waals surface area contributed by atoms with Gasteiger partial charge in [0.2, 0.25) is 6.79 Å². The van der Waals surface area contributed by atoms with Crippen molar-refractivity contribution in [1.82, 2.24) is 14.8 Å². The maximum Gasteiger partial charge on any atom is 0.231 e. The Balaban J connectivity index is 1.72. The molecule has 6 heteroatoms. The third kappa shape index (κ3) is 2.66. The normalized spacial score (nSPS) is 12.6.